The maximum absolute atomic E-state index is 2.25. The molecule has 0 spiro atoms. The molecule has 0 amide bonds. The lowest BCUT2D eigenvalue weighted by Gasteiger charge is -2.13. The first-order chi connectivity index (χ1) is 4.46. The van der Waals surface area contributed by atoms with E-state index in [9.17, 15) is 0 Å². The lowest BCUT2D eigenvalue weighted by atomic mass is 9.93. The summed E-state index contributed by atoms with van der Waals surface area (Å²) < 4.78 is 0. The summed E-state index contributed by atoms with van der Waals surface area (Å²) in [5, 5.41) is 0. The molecule has 0 aliphatic carbocycles. The highest BCUT2D eigenvalue weighted by Gasteiger charge is 2.03. The van der Waals surface area contributed by atoms with E-state index in [1.165, 1.54) is 0 Å². The zero-order valence-corrected chi connectivity index (χ0v) is 8.15. The summed E-state index contributed by atoms with van der Waals surface area (Å²) in [7, 11) is 0. The van der Waals surface area contributed by atoms with Gasteiger partial charge in [-0.05, 0) is 25.7 Å². The number of allylic oxidation sites excluding steroid dienone is 2. The molecular formula is C10H20. The Kier molecular flexibility index (Phi) is 3.70. The average molecular weight is 140 g/mol. The fourth-order valence-corrected chi connectivity index (χ4v) is 0.911. The van der Waals surface area contributed by atoms with Crippen LogP contribution in [0.3, 0.4) is 0 Å². The Hall–Kier alpha value is -0.260. The van der Waals surface area contributed by atoms with E-state index in [1.807, 2.05) is 0 Å². The second-order valence-corrected chi connectivity index (χ2v) is 3.68. The Morgan fingerprint density at radius 2 is 0.900 bits per heavy atom. The van der Waals surface area contributed by atoms with Gasteiger partial charge in [-0.2, -0.15) is 0 Å². The van der Waals surface area contributed by atoms with Crippen LogP contribution in [0.4, 0.5) is 0 Å². The molecule has 0 nitrogen and oxygen atoms in total. The predicted octanol–water partition coefficient (Wildman–Crippen LogP) is 3.63. The van der Waals surface area contributed by atoms with E-state index in [0.717, 1.165) is 0 Å². The van der Waals surface area contributed by atoms with Gasteiger partial charge in [-0.1, -0.05) is 38.8 Å². The number of hydrogen-bond donors (Lipinski definition) is 0. The van der Waals surface area contributed by atoms with Gasteiger partial charge in [0.1, 0.15) is 0 Å². The second-order valence-electron chi connectivity index (χ2n) is 3.68. The Bertz CT molecular complexity index is 111. The SMILES string of the molecule is C/C(=C(/C)C(C)C)C(C)C. The van der Waals surface area contributed by atoms with E-state index in [2.05, 4.69) is 41.5 Å². The smallest absolute Gasteiger partial charge is 0.0260 e. The Balaban J connectivity index is 4.34. The molecule has 10 heavy (non-hydrogen) atoms. The van der Waals surface area contributed by atoms with E-state index in [1.54, 1.807) is 11.1 Å². The van der Waals surface area contributed by atoms with E-state index in [4.69, 9.17) is 0 Å². The maximum atomic E-state index is 2.25. The highest BCUT2D eigenvalue weighted by molar-refractivity contribution is 5.13. The van der Waals surface area contributed by atoms with Crippen LogP contribution in [0.15, 0.2) is 11.1 Å². The summed E-state index contributed by atoms with van der Waals surface area (Å²) in [6.45, 7) is 13.5. The molecule has 0 heteroatoms. The van der Waals surface area contributed by atoms with Crippen LogP contribution >= 0.6 is 0 Å². The zero-order valence-electron chi connectivity index (χ0n) is 8.15. The molecule has 0 fully saturated rings. The minimum Gasteiger partial charge on any atom is -0.0716 e. The third-order valence-electron chi connectivity index (χ3n) is 2.35. The van der Waals surface area contributed by atoms with Crippen molar-refractivity contribution in [2.24, 2.45) is 11.8 Å². The van der Waals surface area contributed by atoms with Gasteiger partial charge in [0.25, 0.3) is 0 Å². The molecule has 0 unspecified atom stereocenters. The van der Waals surface area contributed by atoms with Crippen LogP contribution in [0, 0.1) is 11.8 Å². The lowest BCUT2D eigenvalue weighted by Crippen LogP contribution is -1.98. The number of hydrogen-bond acceptors (Lipinski definition) is 0. The topological polar surface area (TPSA) is 0 Å². The van der Waals surface area contributed by atoms with Gasteiger partial charge in [-0.25, -0.2) is 0 Å². The molecule has 0 heterocycles. The van der Waals surface area contributed by atoms with Crippen LogP contribution < -0.4 is 0 Å². The van der Waals surface area contributed by atoms with Crippen molar-refractivity contribution >= 4 is 0 Å². The van der Waals surface area contributed by atoms with Crippen LogP contribution in [-0.2, 0) is 0 Å². The minimum atomic E-state index is 0.711. The maximum Gasteiger partial charge on any atom is -0.0260 e. The summed E-state index contributed by atoms with van der Waals surface area (Å²) >= 11 is 0. The summed E-state index contributed by atoms with van der Waals surface area (Å²) in [6.07, 6.45) is 0. The molecule has 0 rings (SSSR count). The standard InChI is InChI=1S/C10H20/c1-7(2)9(5)10(6)8(3)4/h7-8H,1-6H3/b10-9+. The van der Waals surface area contributed by atoms with Crippen molar-refractivity contribution < 1.29 is 0 Å². The molecule has 0 saturated heterocycles. The predicted molar refractivity (Wildman–Crippen MR) is 48.1 cm³/mol. The largest absolute Gasteiger partial charge is 0.0716 e. The van der Waals surface area contributed by atoms with E-state index in [-0.39, 0.29) is 0 Å². The van der Waals surface area contributed by atoms with Gasteiger partial charge in [0.15, 0.2) is 0 Å². The van der Waals surface area contributed by atoms with Gasteiger partial charge in [0.05, 0.1) is 0 Å². The van der Waals surface area contributed by atoms with Gasteiger partial charge in [0.2, 0.25) is 0 Å². The third-order valence-corrected chi connectivity index (χ3v) is 2.35. The second kappa shape index (κ2) is 3.80. The Morgan fingerprint density at radius 3 is 1.00 bits per heavy atom. The van der Waals surface area contributed by atoms with E-state index >= 15 is 0 Å². The van der Waals surface area contributed by atoms with Crippen molar-refractivity contribution in [2.45, 2.75) is 41.5 Å². The first-order valence-corrected chi connectivity index (χ1v) is 4.14. The van der Waals surface area contributed by atoms with Gasteiger partial charge >= 0.3 is 0 Å². The highest BCUT2D eigenvalue weighted by atomic mass is 14.1. The van der Waals surface area contributed by atoms with Crippen molar-refractivity contribution in [3.8, 4) is 0 Å². The van der Waals surface area contributed by atoms with Crippen LogP contribution in [-0.4, -0.2) is 0 Å². The molecule has 0 saturated carbocycles. The molecule has 0 N–H and O–H groups in total. The monoisotopic (exact) mass is 140 g/mol. The molecular weight excluding hydrogens is 120 g/mol. The van der Waals surface area contributed by atoms with Gasteiger partial charge in [0, 0.05) is 0 Å². The van der Waals surface area contributed by atoms with Crippen molar-refractivity contribution in [3.05, 3.63) is 11.1 Å². The molecule has 0 aromatic heterocycles. The van der Waals surface area contributed by atoms with Crippen molar-refractivity contribution in [1.29, 1.82) is 0 Å². The molecule has 60 valence electrons. The van der Waals surface area contributed by atoms with Crippen molar-refractivity contribution in [3.63, 3.8) is 0 Å². The summed E-state index contributed by atoms with van der Waals surface area (Å²) in [4.78, 5) is 0. The normalized spacial score (nSPS) is 14.4. The third kappa shape index (κ3) is 2.55. The molecule has 0 aromatic rings. The molecule has 0 atom stereocenters. The van der Waals surface area contributed by atoms with Crippen LogP contribution in [0.2, 0.25) is 0 Å². The number of rotatable bonds is 2. The summed E-state index contributed by atoms with van der Waals surface area (Å²) in [5.74, 6) is 1.42. The fraction of sp³-hybridized carbons (Fsp3) is 0.800. The zero-order chi connectivity index (χ0) is 8.31. The quantitative estimate of drug-likeness (QED) is 0.514. The van der Waals surface area contributed by atoms with Gasteiger partial charge < -0.3 is 0 Å². The first-order valence-electron chi connectivity index (χ1n) is 4.14. The van der Waals surface area contributed by atoms with Gasteiger partial charge in [-0.15, -0.1) is 0 Å². The highest BCUT2D eigenvalue weighted by Crippen LogP contribution is 2.19. The minimum absolute atomic E-state index is 0.711. The molecule has 0 aromatic carbocycles. The molecule has 0 aliphatic rings. The average Bonchev–Trinajstić information content (AvgIpc) is 1.84. The van der Waals surface area contributed by atoms with E-state index in [0.29, 0.717) is 11.8 Å². The lowest BCUT2D eigenvalue weighted by molar-refractivity contribution is 0.691. The molecule has 0 bridgehead atoms. The summed E-state index contributed by atoms with van der Waals surface area (Å²) in [6, 6.07) is 0. The van der Waals surface area contributed by atoms with Gasteiger partial charge in [-0.3, -0.25) is 0 Å². The Labute approximate surface area is 65.3 Å². The van der Waals surface area contributed by atoms with Crippen LogP contribution in [0.1, 0.15) is 41.5 Å². The molecule has 0 radical (unpaired) electrons. The van der Waals surface area contributed by atoms with Crippen molar-refractivity contribution in [2.75, 3.05) is 0 Å². The summed E-state index contributed by atoms with van der Waals surface area (Å²) in [5.41, 5.74) is 3.10. The van der Waals surface area contributed by atoms with Crippen LogP contribution in [0.25, 0.3) is 0 Å². The van der Waals surface area contributed by atoms with Crippen LogP contribution in [0.5, 0.6) is 0 Å². The first kappa shape index (κ1) is 9.74. The fourth-order valence-electron chi connectivity index (χ4n) is 0.911. The van der Waals surface area contributed by atoms with Crippen molar-refractivity contribution in [1.82, 2.24) is 0 Å². The van der Waals surface area contributed by atoms with E-state index < -0.39 is 0 Å². The Morgan fingerprint density at radius 1 is 0.700 bits per heavy atom. The molecule has 0 aliphatic heterocycles.